The van der Waals surface area contributed by atoms with E-state index in [9.17, 15) is 18.8 Å². The molecule has 0 atom stereocenters. The Morgan fingerprint density at radius 2 is 1.86 bits per heavy atom. The summed E-state index contributed by atoms with van der Waals surface area (Å²) >= 11 is 0. The Balaban J connectivity index is 1.57. The van der Waals surface area contributed by atoms with E-state index in [1.165, 1.54) is 13.0 Å². The van der Waals surface area contributed by atoms with Gasteiger partial charge in [0.15, 0.2) is 5.78 Å². The van der Waals surface area contributed by atoms with E-state index in [2.05, 4.69) is 9.97 Å². The van der Waals surface area contributed by atoms with Gasteiger partial charge < -0.3 is 14.8 Å². The fourth-order valence-corrected chi connectivity index (χ4v) is 3.61. The molecule has 8 heteroatoms. The van der Waals surface area contributed by atoms with Crippen LogP contribution in [0.4, 0.5) is 10.1 Å². The van der Waals surface area contributed by atoms with E-state index in [-0.39, 0.29) is 23.7 Å². The third-order valence-electron chi connectivity index (χ3n) is 5.26. The highest BCUT2D eigenvalue weighted by Gasteiger charge is 2.23. The molecule has 1 aliphatic rings. The number of aromatic nitrogens is 2. The number of hydrogen-bond donors (Lipinski definition) is 1. The molecular formula is C21H25FN4O3. The van der Waals surface area contributed by atoms with Gasteiger partial charge in [-0.05, 0) is 45.4 Å². The summed E-state index contributed by atoms with van der Waals surface area (Å²) < 4.78 is 14.4. The Bertz CT molecular complexity index is 994. The summed E-state index contributed by atoms with van der Waals surface area (Å²) in [6.45, 7) is 6.87. The topological polar surface area (TPSA) is 86.4 Å². The predicted octanol–water partition coefficient (Wildman–Crippen LogP) is 2.01. The molecule has 3 rings (SSSR count). The van der Waals surface area contributed by atoms with Crippen molar-refractivity contribution in [2.24, 2.45) is 0 Å². The van der Waals surface area contributed by atoms with Gasteiger partial charge in [-0.2, -0.15) is 0 Å². The fourth-order valence-electron chi connectivity index (χ4n) is 3.61. The Morgan fingerprint density at radius 3 is 2.45 bits per heavy atom. The molecule has 1 aliphatic heterocycles. The first kappa shape index (κ1) is 20.7. The SMILES string of the molecule is CC(=O)c1ccc(N2CCN(C(=O)CCc3c(C)nc(C)[nH]c3=O)CC2)c(F)c1. The van der Waals surface area contributed by atoms with Crippen LogP contribution in [0.1, 0.15) is 40.8 Å². The first-order valence-electron chi connectivity index (χ1n) is 9.66. The molecule has 1 aromatic carbocycles. The molecule has 0 radical (unpaired) electrons. The molecule has 1 amide bonds. The van der Waals surface area contributed by atoms with Gasteiger partial charge in [0, 0.05) is 49.4 Å². The van der Waals surface area contributed by atoms with Crippen LogP contribution in [0.15, 0.2) is 23.0 Å². The smallest absolute Gasteiger partial charge is 0.254 e. The van der Waals surface area contributed by atoms with Crippen LogP contribution < -0.4 is 10.5 Å². The fraction of sp³-hybridized carbons (Fsp3) is 0.429. The number of nitrogens with one attached hydrogen (secondary N) is 1. The van der Waals surface area contributed by atoms with Crippen LogP contribution in [0.25, 0.3) is 0 Å². The van der Waals surface area contributed by atoms with Crippen molar-refractivity contribution in [3.63, 3.8) is 0 Å². The second kappa shape index (κ2) is 8.55. The molecular weight excluding hydrogens is 375 g/mol. The van der Waals surface area contributed by atoms with Crippen LogP contribution in [-0.2, 0) is 11.2 Å². The number of amides is 1. The average molecular weight is 400 g/mol. The lowest BCUT2D eigenvalue weighted by molar-refractivity contribution is -0.131. The average Bonchev–Trinajstić information content (AvgIpc) is 2.67. The Morgan fingerprint density at radius 1 is 1.17 bits per heavy atom. The second-order valence-corrected chi connectivity index (χ2v) is 7.31. The second-order valence-electron chi connectivity index (χ2n) is 7.31. The molecule has 0 saturated carbocycles. The number of carbonyl (C=O) groups excluding carboxylic acids is 2. The maximum Gasteiger partial charge on any atom is 0.254 e. The lowest BCUT2D eigenvalue weighted by Crippen LogP contribution is -2.49. The molecule has 2 aromatic rings. The number of H-pyrrole nitrogens is 1. The molecule has 1 saturated heterocycles. The number of aromatic amines is 1. The van der Waals surface area contributed by atoms with Crippen LogP contribution in [-0.4, -0.2) is 52.7 Å². The van der Waals surface area contributed by atoms with Crippen LogP contribution in [0, 0.1) is 19.7 Å². The number of piperazine rings is 1. The standard InChI is InChI=1S/C21H25FN4O3/c1-13-17(21(29)24-15(3)23-13)5-7-20(28)26-10-8-25(9-11-26)19-6-4-16(14(2)27)12-18(19)22/h4,6,12H,5,7-11H2,1-3H3,(H,23,24,29). The summed E-state index contributed by atoms with van der Waals surface area (Å²) in [5.74, 6) is -0.0820. The Hall–Kier alpha value is -3.03. The summed E-state index contributed by atoms with van der Waals surface area (Å²) in [4.78, 5) is 46.5. The number of anilines is 1. The highest BCUT2D eigenvalue weighted by Crippen LogP contribution is 2.22. The molecule has 154 valence electrons. The molecule has 2 heterocycles. The molecule has 0 spiro atoms. The lowest BCUT2D eigenvalue weighted by Gasteiger charge is -2.36. The summed E-state index contributed by atoms with van der Waals surface area (Å²) in [7, 11) is 0. The van der Waals surface area contributed by atoms with E-state index in [0.717, 1.165) is 0 Å². The predicted molar refractivity (Wildman–Crippen MR) is 108 cm³/mol. The van der Waals surface area contributed by atoms with Gasteiger partial charge in [-0.3, -0.25) is 14.4 Å². The number of carbonyl (C=O) groups is 2. The summed E-state index contributed by atoms with van der Waals surface area (Å²) in [6, 6.07) is 4.49. The van der Waals surface area contributed by atoms with Gasteiger partial charge >= 0.3 is 0 Å². The first-order valence-corrected chi connectivity index (χ1v) is 9.66. The van der Waals surface area contributed by atoms with E-state index in [0.29, 0.717) is 60.9 Å². The Kier molecular flexibility index (Phi) is 6.10. The summed E-state index contributed by atoms with van der Waals surface area (Å²) in [6.07, 6.45) is 0.574. The number of rotatable bonds is 5. The number of aryl methyl sites for hydroxylation is 2. The molecule has 0 unspecified atom stereocenters. The molecule has 1 aromatic heterocycles. The van der Waals surface area contributed by atoms with E-state index in [1.54, 1.807) is 30.9 Å². The summed E-state index contributed by atoms with van der Waals surface area (Å²) in [5.41, 5.74) is 1.77. The largest absolute Gasteiger partial charge is 0.366 e. The number of halogens is 1. The number of nitrogens with zero attached hydrogens (tertiary/aromatic N) is 3. The van der Waals surface area contributed by atoms with E-state index in [1.807, 2.05) is 4.90 Å². The van der Waals surface area contributed by atoms with Gasteiger partial charge in [-0.15, -0.1) is 0 Å². The maximum absolute atomic E-state index is 14.4. The third-order valence-corrected chi connectivity index (χ3v) is 5.26. The Labute approximate surface area is 168 Å². The van der Waals surface area contributed by atoms with Gasteiger partial charge in [0.1, 0.15) is 11.6 Å². The zero-order valence-electron chi connectivity index (χ0n) is 16.9. The number of hydrogen-bond acceptors (Lipinski definition) is 5. The van der Waals surface area contributed by atoms with Crippen molar-refractivity contribution in [1.29, 1.82) is 0 Å². The lowest BCUT2D eigenvalue weighted by atomic mass is 10.1. The minimum Gasteiger partial charge on any atom is -0.366 e. The minimum atomic E-state index is -0.431. The third kappa shape index (κ3) is 4.70. The molecule has 7 nitrogen and oxygen atoms in total. The van der Waals surface area contributed by atoms with Crippen molar-refractivity contribution < 1.29 is 14.0 Å². The van der Waals surface area contributed by atoms with Gasteiger partial charge in [0.05, 0.1) is 5.69 Å². The minimum absolute atomic E-state index is 0.0311. The highest BCUT2D eigenvalue weighted by molar-refractivity contribution is 5.94. The van der Waals surface area contributed by atoms with Crippen molar-refractivity contribution >= 4 is 17.4 Å². The van der Waals surface area contributed by atoms with Crippen molar-refractivity contribution in [1.82, 2.24) is 14.9 Å². The molecule has 29 heavy (non-hydrogen) atoms. The number of Topliss-reactive ketones (excluding diaryl/α,β-unsaturated/α-hetero) is 1. The zero-order valence-corrected chi connectivity index (χ0v) is 16.9. The molecule has 1 N–H and O–H groups in total. The van der Waals surface area contributed by atoms with Crippen molar-refractivity contribution in [2.45, 2.75) is 33.6 Å². The van der Waals surface area contributed by atoms with Crippen LogP contribution >= 0.6 is 0 Å². The molecule has 0 bridgehead atoms. The molecule has 1 fully saturated rings. The number of benzene rings is 1. The van der Waals surface area contributed by atoms with E-state index < -0.39 is 5.82 Å². The highest BCUT2D eigenvalue weighted by atomic mass is 19.1. The number of ketones is 1. The van der Waals surface area contributed by atoms with E-state index in [4.69, 9.17) is 0 Å². The van der Waals surface area contributed by atoms with Crippen LogP contribution in [0.5, 0.6) is 0 Å². The first-order chi connectivity index (χ1) is 13.8. The van der Waals surface area contributed by atoms with Crippen molar-refractivity contribution in [2.75, 3.05) is 31.1 Å². The quantitative estimate of drug-likeness (QED) is 0.776. The normalized spacial score (nSPS) is 14.2. The van der Waals surface area contributed by atoms with Gasteiger partial charge in [0.25, 0.3) is 5.56 Å². The maximum atomic E-state index is 14.4. The van der Waals surface area contributed by atoms with Crippen molar-refractivity contribution in [3.8, 4) is 0 Å². The van der Waals surface area contributed by atoms with E-state index >= 15 is 0 Å². The van der Waals surface area contributed by atoms with Crippen molar-refractivity contribution in [3.05, 3.63) is 57.0 Å². The summed E-state index contributed by atoms with van der Waals surface area (Å²) in [5, 5.41) is 0. The zero-order chi connectivity index (χ0) is 21.1. The van der Waals surface area contributed by atoms with Gasteiger partial charge in [0.2, 0.25) is 5.91 Å². The molecule has 0 aliphatic carbocycles. The van der Waals surface area contributed by atoms with Gasteiger partial charge in [-0.1, -0.05) is 0 Å². The van der Waals surface area contributed by atoms with Gasteiger partial charge in [-0.25, -0.2) is 9.37 Å². The van der Waals surface area contributed by atoms with Crippen LogP contribution in [0.3, 0.4) is 0 Å². The van der Waals surface area contributed by atoms with Crippen LogP contribution in [0.2, 0.25) is 0 Å². The monoisotopic (exact) mass is 400 g/mol.